The van der Waals surface area contributed by atoms with Crippen molar-refractivity contribution in [2.45, 2.75) is 69.2 Å². The van der Waals surface area contributed by atoms with Gasteiger partial charge in [0.1, 0.15) is 16.5 Å². The Hall–Kier alpha value is -3.94. The highest BCUT2D eigenvalue weighted by Gasteiger charge is 2.36. The van der Waals surface area contributed by atoms with E-state index in [0.717, 1.165) is 5.56 Å². The van der Waals surface area contributed by atoms with E-state index in [1.54, 1.807) is 16.7 Å². The Bertz CT molecular complexity index is 1730. The molecule has 3 aromatic carbocycles. The number of aliphatic hydroxyl groups is 2. The third-order valence-electron chi connectivity index (χ3n) is 7.73. The molecule has 46 heavy (non-hydrogen) atoms. The second-order valence-corrected chi connectivity index (χ2v) is 13.5. The predicted octanol–water partition coefficient (Wildman–Crippen LogP) is 5.35. The van der Waals surface area contributed by atoms with Crippen LogP contribution in [0, 0.1) is 11.6 Å². The van der Waals surface area contributed by atoms with Crippen molar-refractivity contribution in [2.75, 3.05) is 7.05 Å². The van der Waals surface area contributed by atoms with Gasteiger partial charge in [-0.3, -0.25) is 4.79 Å². The fourth-order valence-corrected chi connectivity index (χ4v) is 7.30. The third kappa shape index (κ3) is 8.06. The molecule has 0 fully saturated rings. The van der Waals surface area contributed by atoms with E-state index in [4.69, 9.17) is 5.90 Å². The number of aliphatic hydroxyl groups excluding tert-OH is 2. The van der Waals surface area contributed by atoms with E-state index in [1.165, 1.54) is 47.8 Å². The second-order valence-electron chi connectivity index (χ2n) is 11.5. The number of halogens is 2. The predicted molar refractivity (Wildman–Crippen MR) is 171 cm³/mol. The number of rotatable bonds is 14. The number of carbonyl (C=O) groups is 1. The van der Waals surface area contributed by atoms with Crippen LogP contribution in [0.5, 0.6) is 0 Å². The fourth-order valence-electron chi connectivity index (χ4n) is 5.59. The second kappa shape index (κ2) is 15.1. The summed E-state index contributed by atoms with van der Waals surface area (Å²) in [7, 11) is -2.72. The lowest BCUT2D eigenvalue weighted by molar-refractivity contribution is -0.146. The molecule has 1 aromatic heterocycles. The molecule has 2 atom stereocenters. The number of sulfonamides is 1. The van der Waals surface area contributed by atoms with Crippen molar-refractivity contribution in [2.24, 2.45) is 5.90 Å². The van der Waals surface area contributed by atoms with Gasteiger partial charge in [-0.15, -0.1) is 0 Å². The lowest BCUT2D eigenvalue weighted by Crippen LogP contribution is -2.28. The van der Waals surface area contributed by atoms with E-state index in [0.29, 0.717) is 28.1 Å². The van der Waals surface area contributed by atoms with E-state index in [9.17, 15) is 32.2 Å². The Morgan fingerprint density at radius 2 is 1.48 bits per heavy atom. The summed E-state index contributed by atoms with van der Waals surface area (Å²) in [5.74, 6) is 2.70. The van der Waals surface area contributed by atoms with Gasteiger partial charge in [0.25, 0.3) is 0 Å². The normalized spacial score (nSPS) is 13.3. The molecule has 0 aliphatic heterocycles. The Kier molecular flexibility index (Phi) is 11.5. The van der Waals surface area contributed by atoms with Crippen LogP contribution in [-0.2, 0) is 32.7 Å². The minimum Gasteiger partial charge on any atom is -0.393 e. The van der Waals surface area contributed by atoms with Gasteiger partial charge < -0.3 is 19.6 Å². The van der Waals surface area contributed by atoms with Gasteiger partial charge in [-0.05, 0) is 71.8 Å². The van der Waals surface area contributed by atoms with Crippen LogP contribution < -0.4 is 5.90 Å². The minimum absolute atomic E-state index is 0.0204. The van der Waals surface area contributed by atoms with Crippen LogP contribution in [0.2, 0.25) is 0 Å². The molecule has 12 heteroatoms. The van der Waals surface area contributed by atoms with Crippen LogP contribution in [0.4, 0.5) is 8.78 Å². The number of carbonyl (C=O) groups excluding carboxylic acids is 1. The molecule has 4 N–H and O–H groups in total. The summed E-state index contributed by atoms with van der Waals surface area (Å²) in [5, 5.41) is 21.1. The lowest BCUT2D eigenvalue weighted by Gasteiger charge is -2.22. The van der Waals surface area contributed by atoms with Gasteiger partial charge >= 0.3 is 5.97 Å². The highest BCUT2D eigenvalue weighted by molar-refractivity contribution is 7.89. The summed E-state index contributed by atoms with van der Waals surface area (Å²) < 4.78 is 60.6. The van der Waals surface area contributed by atoms with Crippen molar-refractivity contribution in [3.05, 3.63) is 102 Å². The lowest BCUT2D eigenvalue weighted by atomic mass is 10.00. The maximum Gasteiger partial charge on any atom is 0.327 e. The minimum atomic E-state index is -4.21. The summed E-state index contributed by atoms with van der Waals surface area (Å²) in [6, 6.07) is 20.3. The first-order chi connectivity index (χ1) is 21.8. The van der Waals surface area contributed by atoms with Crippen molar-refractivity contribution in [3.63, 3.8) is 0 Å². The summed E-state index contributed by atoms with van der Waals surface area (Å²) in [6.45, 7) is 3.89. The smallest absolute Gasteiger partial charge is 0.327 e. The van der Waals surface area contributed by atoms with Gasteiger partial charge in [0.2, 0.25) is 10.0 Å². The van der Waals surface area contributed by atoms with E-state index < -0.39 is 46.3 Å². The first-order valence-corrected chi connectivity index (χ1v) is 16.3. The average molecular weight is 656 g/mol. The number of aromatic nitrogens is 1. The summed E-state index contributed by atoms with van der Waals surface area (Å²) >= 11 is 0. The van der Waals surface area contributed by atoms with Crippen LogP contribution >= 0.6 is 0 Å². The number of hydrogen-bond donors (Lipinski definition) is 3. The average Bonchev–Trinajstić information content (AvgIpc) is 3.37. The number of hydrogen-bond acceptors (Lipinski definition) is 7. The molecule has 0 radical (unpaired) electrons. The molecule has 1 heterocycles. The van der Waals surface area contributed by atoms with Crippen molar-refractivity contribution in [1.29, 1.82) is 0 Å². The molecule has 246 valence electrons. The largest absolute Gasteiger partial charge is 0.393 e. The SMILES string of the molecule is CC(C)c1c(S(=O)(=O)N(C)Cc2ccccc2)c(-c2ccc(F)cc2)c(-c2ccc(F)cc2)n1CCC(O)CC(O)CC(=O)ON. The molecular weight excluding hydrogens is 616 g/mol. The molecular formula is C34H39F2N3O6S. The first kappa shape index (κ1) is 34.9. The van der Waals surface area contributed by atoms with Crippen molar-refractivity contribution in [1.82, 2.24) is 8.87 Å². The van der Waals surface area contributed by atoms with Crippen LogP contribution in [0.3, 0.4) is 0 Å². The van der Waals surface area contributed by atoms with Crippen molar-refractivity contribution in [3.8, 4) is 22.4 Å². The fraction of sp³-hybridized carbons (Fsp3) is 0.324. The molecule has 0 amide bonds. The Morgan fingerprint density at radius 3 is 2.02 bits per heavy atom. The standard InChI is InChI=1S/C34H39F2N3O6S/c1-22(2)32-34(46(43,44)38(3)21-23-7-5-4-6-8-23)31(24-9-13-26(35)14-10-24)33(25-11-15-27(36)16-12-25)39(32)18-17-28(40)19-29(41)20-30(42)45-37/h4-16,22,28-29,40-41H,17-21,37H2,1-3H3. The van der Waals surface area contributed by atoms with E-state index in [-0.39, 0.29) is 36.7 Å². The summed E-state index contributed by atoms with van der Waals surface area (Å²) in [6.07, 6.45) is -2.79. The number of benzene rings is 3. The number of nitrogens with zero attached hydrogens (tertiary/aromatic N) is 2. The quantitative estimate of drug-likeness (QED) is 0.156. The maximum absolute atomic E-state index is 14.6. The van der Waals surface area contributed by atoms with E-state index >= 15 is 0 Å². The molecule has 9 nitrogen and oxygen atoms in total. The number of nitrogens with two attached hydrogens (primary N) is 1. The molecule has 0 spiro atoms. The Labute approximate surface area is 267 Å². The highest BCUT2D eigenvalue weighted by atomic mass is 32.2. The van der Waals surface area contributed by atoms with E-state index in [1.807, 2.05) is 44.2 Å². The van der Waals surface area contributed by atoms with Gasteiger partial charge in [-0.25, -0.2) is 17.2 Å². The van der Waals surface area contributed by atoms with Gasteiger partial charge in [-0.1, -0.05) is 56.3 Å². The summed E-state index contributed by atoms with van der Waals surface area (Å²) in [4.78, 5) is 15.6. The van der Waals surface area contributed by atoms with Crippen LogP contribution in [0.25, 0.3) is 22.4 Å². The molecule has 0 saturated carbocycles. The van der Waals surface area contributed by atoms with Gasteiger partial charge in [0.05, 0.1) is 24.3 Å². The van der Waals surface area contributed by atoms with Crippen LogP contribution in [0.15, 0.2) is 83.8 Å². The highest BCUT2D eigenvalue weighted by Crippen LogP contribution is 2.45. The van der Waals surface area contributed by atoms with Gasteiger partial charge in [0.15, 0.2) is 0 Å². The van der Waals surface area contributed by atoms with Gasteiger partial charge in [0, 0.05) is 31.4 Å². The zero-order valence-electron chi connectivity index (χ0n) is 25.9. The summed E-state index contributed by atoms with van der Waals surface area (Å²) in [5.41, 5.74) is 2.93. The molecule has 4 rings (SSSR count). The van der Waals surface area contributed by atoms with Crippen LogP contribution in [0.1, 0.15) is 50.3 Å². The maximum atomic E-state index is 14.6. The zero-order chi connectivity index (χ0) is 33.6. The van der Waals surface area contributed by atoms with E-state index in [2.05, 4.69) is 4.84 Å². The molecule has 4 aromatic rings. The topological polar surface area (TPSA) is 135 Å². The van der Waals surface area contributed by atoms with Crippen molar-refractivity contribution >= 4 is 16.0 Å². The van der Waals surface area contributed by atoms with Crippen molar-refractivity contribution < 1.29 is 37.0 Å². The molecule has 0 aliphatic rings. The zero-order valence-corrected chi connectivity index (χ0v) is 26.8. The Balaban J connectivity index is 1.94. The van der Waals surface area contributed by atoms with Crippen LogP contribution in [-0.4, -0.2) is 52.7 Å². The molecule has 0 saturated heterocycles. The monoisotopic (exact) mass is 655 g/mol. The molecule has 2 unspecified atom stereocenters. The van der Waals surface area contributed by atoms with Gasteiger partial charge in [-0.2, -0.15) is 10.2 Å². The Morgan fingerprint density at radius 1 is 0.913 bits per heavy atom. The first-order valence-electron chi connectivity index (χ1n) is 14.9. The molecule has 0 bridgehead atoms. The molecule has 0 aliphatic carbocycles. The third-order valence-corrected chi connectivity index (χ3v) is 9.61.